The standard InChI is InChI=1S/C27H37NO4/c1-8-31-25(30)22(16-19-12-10-9-11-13-19)28-24(29)18-32-23-15-14-20(26(2,3)4)17-21(23)27(5,6)7/h9-15,17,22H,8,16,18H2,1-7H3,(H,28,29). The van der Waals surface area contributed by atoms with Gasteiger partial charge in [0.2, 0.25) is 0 Å². The Balaban J connectivity index is 2.13. The van der Waals surface area contributed by atoms with Crippen molar-refractivity contribution in [1.29, 1.82) is 0 Å². The van der Waals surface area contributed by atoms with Gasteiger partial charge >= 0.3 is 5.97 Å². The molecule has 0 heterocycles. The van der Waals surface area contributed by atoms with Crippen LogP contribution in [-0.2, 0) is 31.6 Å². The van der Waals surface area contributed by atoms with Gasteiger partial charge in [-0.2, -0.15) is 0 Å². The second-order valence-corrected chi connectivity index (χ2v) is 10.1. The molecule has 5 heteroatoms. The third kappa shape index (κ3) is 7.40. The average molecular weight is 440 g/mol. The highest BCUT2D eigenvalue weighted by molar-refractivity contribution is 5.85. The molecule has 1 atom stereocenters. The predicted octanol–water partition coefficient (Wildman–Crippen LogP) is 4.95. The molecule has 0 radical (unpaired) electrons. The molecule has 32 heavy (non-hydrogen) atoms. The first kappa shape index (κ1) is 25.4. The Morgan fingerprint density at radius 3 is 2.16 bits per heavy atom. The van der Waals surface area contributed by atoms with E-state index >= 15 is 0 Å². The summed E-state index contributed by atoms with van der Waals surface area (Å²) in [4.78, 5) is 25.1. The highest BCUT2D eigenvalue weighted by Gasteiger charge is 2.25. The lowest BCUT2D eigenvalue weighted by Gasteiger charge is -2.27. The largest absolute Gasteiger partial charge is 0.483 e. The molecule has 174 valence electrons. The number of carbonyl (C=O) groups excluding carboxylic acids is 2. The molecule has 0 aliphatic rings. The Hall–Kier alpha value is -2.82. The van der Waals surface area contributed by atoms with Gasteiger partial charge in [0.05, 0.1) is 6.61 Å². The summed E-state index contributed by atoms with van der Waals surface area (Å²) in [6, 6.07) is 14.9. The summed E-state index contributed by atoms with van der Waals surface area (Å²) >= 11 is 0. The maximum Gasteiger partial charge on any atom is 0.328 e. The Morgan fingerprint density at radius 2 is 1.59 bits per heavy atom. The molecule has 0 saturated carbocycles. The van der Waals surface area contributed by atoms with Crippen molar-refractivity contribution in [3.63, 3.8) is 0 Å². The van der Waals surface area contributed by atoms with Crippen LogP contribution < -0.4 is 10.1 Å². The first-order valence-corrected chi connectivity index (χ1v) is 11.2. The molecule has 0 fully saturated rings. The number of amides is 1. The van der Waals surface area contributed by atoms with E-state index in [1.54, 1.807) is 6.92 Å². The van der Waals surface area contributed by atoms with Gasteiger partial charge in [-0.05, 0) is 40.5 Å². The molecule has 0 aliphatic heterocycles. The van der Waals surface area contributed by atoms with Crippen LogP contribution in [0.2, 0.25) is 0 Å². The highest BCUT2D eigenvalue weighted by atomic mass is 16.5. The zero-order chi connectivity index (χ0) is 23.9. The molecule has 0 aromatic heterocycles. The van der Waals surface area contributed by atoms with Gasteiger partial charge < -0.3 is 14.8 Å². The van der Waals surface area contributed by atoms with E-state index in [4.69, 9.17) is 9.47 Å². The SMILES string of the molecule is CCOC(=O)C(Cc1ccccc1)NC(=O)COc1ccc(C(C)(C)C)cc1C(C)(C)C. The van der Waals surface area contributed by atoms with E-state index in [2.05, 4.69) is 52.9 Å². The van der Waals surface area contributed by atoms with E-state index in [1.807, 2.05) is 42.5 Å². The maximum absolute atomic E-state index is 12.7. The quantitative estimate of drug-likeness (QED) is 0.591. The summed E-state index contributed by atoms with van der Waals surface area (Å²) in [5, 5.41) is 2.78. The molecule has 0 saturated heterocycles. The number of carbonyl (C=O) groups is 2. The van der Waals surface area contributed by atoms with E-state index in [-0.39, 0.29) is 30.0 Å². The second kappa shape index (κ2) is 10.7. The lowest BCUT2D eigenvalue weighted by molar-refractivity contribution is -0.147. The van der Waals surface area contributed by atoms with Gasteiger partial charge in [-0.3, -0.25) is 4.79 Å². The minimum absolute atomic E-state index is 0.0141. The summed E-state index contributed by atoms with van der Waals surface area (Å²) in [7, 11) is 0. The molecular weight excluding hydrogens is 402 g/mol. The van der Waals surface area contributed by atoms with Gasteiger partial charge in [0.1, 0.15) is 11.8 Å². The van der Waals surface area contributed by atoms with Gasteiger partial charge in [0.25, 0.3) is 5.91 Å². The molecule has 0 bridgehead atoms. The van der Waals surface area contributed by atoms with E-state index in [0.717, 1.165) is 11.1 Å². The molecule has 2 aromatic rings. The molecule has 2 rings (SSSR count). The topological polar surface area (TPSA) is 64.6 Å². The fourth-order valence-electron chi connectivity index (χ4n) is 3.37. The lowest BCUT2D eigenvalue weighted by atomic mass is 9.80. The number of rotatable bonds is 8. The van der Waals surface area contributed by atoms with Crippen molar-refractivity contribution < 1.29 is 19.1 Å². The van der Waals surface area contributed by atoms with Gasteiger partial charge in [-0.25, -0.2) is 4.79 Å². The molecule has 0 aliphatic carbocycles. The molecule has 5 nitrogen and oxygen atoms in total. The minimum atomic E-state index is -0.765. The summed E-state index contributed by atoms with van der Waals surface area (Å²) in [5.74, 6) is -0.134. The molecule has 1 unspecified atom stereocenters. The smallest absolute Gasteiger partial charge is 0.328 e. The van der Waals surface area contributed by atoms with Crippen molar-refractivity contribution in [3.05, 3.63) is 65.2 Å². The van der Waals surface area contributed by atoms with Crippen LogP contribution in [0.1, 0.15) is 65.2 Å². The highest BCUT2D eigenvalue weighted by Crippen LogP contribution is 2.35. The Bertz CT molecular complexity index is 907. The number of ether oxygens (including phenoxy) is 2. The van der Waals surface area contributed by atoms with E-state index in [1.165, 1.54) is 5.56 Å². The number of nitrogens with one attached hydrogen (secondary N) is 1. The number of hydrogen-bond acceptors (Lipinski definition) is 4. The third-order valence-electron chi connectivity index (χ3n) is 5.20. The van der Waals surface area contributed by atoms with Crippen LogP contribution in [0, 0.1) is 0 Å². The summed E-state index contributed by atoms with van der Waals surface area (Å²) in [5.41, 5.74) is 3.07. The first-order valence-electron chi connectivity index (χ1n) is 11.2. The molecular formula is C27H37NO4. The molecule has 2 aromatic carbocycles. The fourth-order valence-corrected chi connectivity index (χ4v) is 3.37. The Morgan fingerprint density at radius 1 is 0.938 bits per heavy atom. The van der Waals surface area contributed by atoms with Crippen LogP contribution in [-0.4, -0.2) is 31.1 Å². The van der Waals surface area contributed by atoms with Gasteiger partial charge in [0, 0.05) is 6.42 Å². The fraction of sp³-hybridized carbons (Fsp3) is 0.481. The zero-order valence-electron chi connectivity index (χ0n) is 20.5. The van der Waals surface area contributed by atoms with Gasteiger partial charge in [-0.15, -0.1) is 0 Å². The first-order chi connectivity index (χ1) is 14.9. The average Bonchev–Trinajstić information content (AvgIpc) is 2.71. The van der Waals surface area contributed by atoms with Crippen molar-refractivity contribution in [1.82, 2.24) is 5.32 Å². The lowest BCUT2D eigenvalue weighted by Crippen LogP contribution is -2.45. The van der Waals surface area contributed by atoms with Gasteiger partial charge in [-0.1, -0.05) is 84.0 Å². The van der Waals surface area contributed by atoms with E-state index in [9.17, 15) is 9.59 Å². The predicted molar refractivity (Wildman–Crippen MR) is 128 cm³/mol. The molecule has 1 amide bonds. The molecule has 0 spiro atoms. The van der Waals surface area contributed by atoms with Crippen molar-refractivity contribution in [3.8, 4) is 5.75 Å². The number of benzene rings is 2. The van der Waals surface area contributed by atoms with Crippen molar-refractivity contribution >= 4 is 11.9 Å². The Labute approximate surface area is 192 Å². The summed E-state index contributed by atoms with van der Waals surface area (Å²) in [6.07, 6.45) is 0.360. The normalized spacial score (nSPS) is 12.7. The van der Waals surface area contributed by atoms with Crippen molar-refractivity contribution in [2.45, 2.75) is 71.8 Å². The van der Waals surface area contributed by atoms with Crippen LogP contribution in [0.25, 0.3) is 0 Å². The van der Waals surface area contributed by atoms with Crippen LogP contribution in [0.5, 0.6) is 5.75 Å². The van der Waals surface area contributed by atoms with Crippen LogP contribution >= 0.6 is 0 Å². The van der Waals surface area contributed by atoms with Crippen molar-refractivity contribution in [2.75, 3.05) is 13.2 Å². The van der Waals surface area contributed by atoms with Crippen LogP contribution in [0.3, 0.4) is 0 Å². The second-order valence-electron chi connectivity index (χ2n) is 10.1. The summed E-state index contributed by atoms with van der Waals surface area (Å²) in [6.45, 7) is 14.7. The number of esters is 1. The van der Waals surface area contributed by atoms with Crippen LogP contribution in [0.4, 0.5) is 0 Å². The molecule has 1 N–H and O–H groups in total. The van der Waals surface area contributed by atoms with Crippen molar-refractivity contribution in [2.24, 2.45) is 0 Å². The minimum Gasteiger partial charge on any atom is -0.483 e. The maximum atomic E-state index is 12.7. The van der Waals surface area contributed by atoms with Crippen LogP contribution in [0.15, 0.2) is 48.5 Å². The summed E-state index contributed by atoms with van der Waals surface area (Å²) < 4.78 is 11.1. The number of hydrogen-bond donors (Lipinski definition) is 1. The van der Waals surface area contributed by atoms with E-state index < -0.39 is 12.0 Å². The van der Waals surface area contributed by atoms with Gasteiger partial charge in [0.15, 0.2) is 6.61 Å². The monoisotopic (exact) mass is 439 g/mol. The third-order valence-corrected chi connectivity index (χ3v) is 5.20. The zero-order valence-corrected chi connectivity index (χ0v) is 20.5. The Kier molecular flexibility index (Phi) is 8.48. The van der Waals surface area contributed by atoms with E-state index in [0.29, 0.717) is 12.2 Å².